The Morgan fingerprint density at radius 1 is 1.77 bits per heavy atom. The first-order valence-corrected chi connectivity index (χ1v) is 5.64. The summed E-state index contributed by atoms with van der Waals surface area (Å²) in [5.74, 6) is 0. The van der Waals surface area contributed by atoms with E-state index in [1.807, 2.05) is 11.6 Å². The molecule has 2 N–H and O–H groups in total. The minimum atomic E-state index is 0.451. The highest BCUT2D eigenvalue weighted by Gasteiger charge is 2.21. The van der Waals surface area contributed by atoms with Crippen LogP contribution in [0.2, 0.25) is 0 Å². The van der Waals surface area contributed by atoms with Gasteiger partial charge >= 0.3 is 0 Å². The average Bonchev–Trinajstić information content (AvgIpc) is 2.55. The molecule has 1 fully saturated rings. The summed E-state index contributed by atoms with van der Waals surface area (Å²) in [6, 6.07) is 1.10. The molecule has 0 bridgehead atoms. The minimum Gasteiger partial charge on any atom is -0.314 e. The van der Waals surface area contributed by atoms with Gasteiger partial charge in [0.15, 0.2) is 0 Å². The molecule has 1 aliphatic rings. The number of hydrogen-bond acceptors (Lipinski definition) is 4. The van der Waals surface area contributed by atoms with Crippen LogP contribution in [-0.4, -0.2) is 24.1 Å². The Labute approximate surface area is 82.6 Å². The monoisotopic (exact) mass is 197 g/mol. The molecule has 0 radical (unpaired) electrons. The first-order valence-electron chi connectivity index (χ1n) is 4.76. The molecule has 2 heterocycles. The molecule has 2 rings (SSSR count). The predicted octanol–water partition coefficient (Wildman–Crippen LogP) is 1.16. The first-order chi connectivity index (χ1) is 6.40. The van der Waals surface area contributed by atoms with E-state index in [9.17, 15) is 0 Å². The van der Waals surface area contributed by atoms with Crippen molar-refractivity contribution in [3.05, 3.63) is 16.6 Å². The smallest absolute Gasteiger partial charge is 0.109 e. The maximum absolute atomic E-state index is 4.33. The third kappa shape index (κ3) is 2.07. The van der Waals surface area contributed by atoms with Crippen molar-refractivity contribution in [2.24, 2.45) is 0 Å². The van der Waals surface area contributed by atoms with Gasteiger partial charge in [-0.1, -0.05) is 6.92 Å². The average molecular weight is 197 g/mol. The SMILES string of the molecule is CCC(NC1CNC1)c1nccs1. The largest absolute Gasteiger partial charge is 0.314 e. The summed E-state index contributed by atoms with van der Waals surface area (Å²) < 4.78 is 0. The molecule has 1 aromatic heterocycles. The van der Waals surface area contributed by atoms with E-state index in [0.29, 0.717) is 12.1 Å². The van der Waals surface area contributed by atoms with E-state index < -0.39 is 0 Å². The molecule has 0 amide bonds. The zero-order chi connectivity index (χ0) is 9.10. The molecule has 0 saturated carbocycles. The van der Waals surface area contributed by atoms with Crippen LogP contribution >= 0.6 is 11.3 Å². The molecule has 1 unspecified atom stereocenters. The Morgan fingerprint density at radius 3 is 3.08 bits per heavy atom. The van der Waals surface area contributed by atoms with Crippen molar-refractivity contribution >= 4 is 11.3 Å². The van der Waals surface area contributed by atoms with Gasteiger partial charge in [-0.25, -0.2) is 4.98 Å². The highest BCUT2D eigenvalue weighted by Crippen LogP contribution is 2.19. The van der Waals surface area contributed by atoms with Gasteiger partial charge < -0.3 is 10.6 Å². The van der Waals surface area contributed by atoms with Gasteiger partial charge in [0.05, 0.1) is 6.04 Å². The van der Waals surface area contributed by atoms with Crippen molar-refractivity contribution < 1.29 is 0 Å². The first kappa shape index (κ1) is 9.12. The van der Waals surface area contributed by atoms with Gasteiger partial charge in [-0.3, -0.25) is 0 Å². The second-order valence-corrected chi connectivity index (χ2v) is 4.28. The molecular weight excluding hydrogens is 182 g/mol. The number of hydrogen-bond donors (Lipinski definition) is 2. The van der Waals surface area contributed by atoms with Crippen LogP contribution in [0.1, 0.15) is 24.4 Å². The van der Waals surface area contributed by atoms with Gasteiger partial charge in [0, 0.05) is 30.7 Å². The van der Waals surface area contributed by atoms with E-state index in [2.05, 4.69) is 22.5 Å². The normalized spacial score (nSPS) is 19.8. The van der Waals surface area contributed by atoms with E-state index >= 15 is 0 Å². The molecule has 0 spiro atoms. The second kappa shape index (κ2) is 4.17. The molecular formula is C9H15N3S. The molecule has 3 nitrogen and oxygen atoms in total. The van der Waals surface area contributed by atoms with Crippen LogP contribution < -0.4 is 10.6 Å². The van der Waals surface area contributed by atoms with Crippen molar-refractivity contribution in [2.75, 3.05) is 13.1 Å². The predicted molar refractivity (Wildman–Crippen MR) is 54.9 cm³/mol. The van der Waals surface area contributed by atoms with Crippen LogP contribution in [-0.2, 0) is 0 Å². The third-order valence-corrected chi connectivity index (χ3v) is 3.27. The van der Waals surface area contributed by atoms with Crippen molar-refractivity contribution in [1.82, 2.24) is 15.6 Å². The highest BCUT2D eigenvalue weighted by molar-refractivity contribution is 7.09. The molecule has 13 heavy (non-hydrogen) atoms. The highest BCUT2D eigenvalue weighted by atomic mass is 32.1. The fourth-order valence-corrected chi connectivity index (χ4v) is 2.24. The van der Waals surface area contributed by atoms with Gasteiger partial charge in [-0.2, -0.15) is 0 Å². The van der Waals surface area contributed by atoms with E-state index in [1.54, 1.807) is 11.3 Å². The van der Waals surface area contributed by atoms with E-state index in [1.165, 1.54) is 5.01 Å². The summed E-state index contributed by atoms with van der Waals surface area (Å²) in [4.78, 5) is 4.33. The maximum atomic E-state index is 4.33. The lowest BCUT2D eigenvalue weighted by atomic mass is 10.1. The van der Waals surface area contributed by atoms with Gasteiger partial charge in [-0.05, 0) is 6.42 Å². The van der Waals surface area contributed by atoms with Crippen LogP contribution in [0.3, 0.4) is 0 Å². The molecule has 0 aliphatic carbocycles. The molecule has 72 valence electrons. The summed E-state index contributed by atoms with van der Waals surface area (Å²) in [6.07, 6.45) is 2.99. The molecule has 0 aromatic carbocycles. The van der Waals surface area contributed by atoms with Gasteiger partial charge in [0.1, 0.15) is 5.01 Å². The van der Waals surface area contributed by atoms with E-state index in [-0.39, 0.29) is 0 Å². The lowest BCUT2D eigenvalue weighted by Crippen LogP contribution is -2.56. The lowest BCUT2D eigenvalue weighted by Gasteiger charge is -2.31. The maximum Gasteiger partial charge on any atom is 0.109 e. The fraction of sp³-hybridized carbons (Fsp3) is 0.667. The number of rotatable bonds is 4. The van der Waals surface area contributed by atoms with Crippen LogP contribution in [0.5, 0.6) is 0 Å². The topological polar surface area (TPSA) is 37.0 Å². The van der Waals surface area contributed by atoms with Crippen molar-refractivity contribution in [1.29, 1.82) is 0 Å². The van der Waals surface area contributed by atoms with Gasteiger partial charge in [0.25, 0.3) is 0 Å². The Bertz CT molecular complexity index is 243. The summed E-state index contributed by atoms with van der Waals surface area (Å²) >= 11 is 1.74. The van der Waals surface area contributed by atoms with E-state index in [0.717, 1.165) is 19.5 Å². The number of thiazole rings is 1. The molecule has 4 heteroatoms. The Kier molecular flexibility index (Phi) is 2.93. The van der Waals surface area contributed by atoms with E-state index in [4.69, 9.17) is 0 Å². The number of nitrogens with one attached hydrogen (secondary N) is 2. The molecule has 1 atom stereocenters. The van der Waals surface area contributed by atoms with Crippen molar-refractivity contribution in [3.8, 4) is 0 Å². The lowest BCUT2D eigenvalue weighted by molar-refractivity contribution is 0.325. The van der Waals surface area contributed by atoms with Crippen molar-refractivity contribution in [3.63, 3.8) is 0 Å². The molecule has 1 aliphatic heterocycles. The van der Waals surface area contributed by atoms with Gasteiger partial charge in [0.2, 0.25) is 0 Å². The van der Waals surface area contributed by atoms with Crippen LogP contribution in [0.4, 0.5) is 0 Å². The van der Waals surface area contributed by atoms with Crippen LogP contribution in [0.15, 0.2) is 11.6 Å². The summed E-state index contributed by atoms with van der Waals surface area (Å²) in [5, 5.41) is 10.1. The Morgan fingerprint density at radius 2 is 2.62 bits per heavy atom. The standard InChI is InChI=1S/C9H15N3S/c1-2-8(9-11-3-4-13-9)12-7-5-10-6-7/h3-4,7-8,10,12H,2,5-6H2,1H3. The van der Waals surface area contributed by atoms with Crippen LogP contribution in [0.25, 0.3) is 0 Å². The number of nitrogens with zero attached hydrogens (tertiary/aromatic N) is 1. The quantitative estimate of drug-likeness (QED) is 0.760. The Hall–Kier alpha value is -0.450. The minimum absolute atomic E-state index is 0.451. The summed E-state index contributed by atoms with van der Waals surface area (Å²) in [7, 11) is 0. The van der Waals surface area contributed by atoms with Crippen LogP contribution in [0, 0.1) is 0 Å². The third-order valence-electron chi connectivity index (χ3n) is 2.38. The zero-order valence-corrected chi connectivity index (χ0v) is 8.60. The fourth-order valence-electron chi connectivity index (χ4n) is 1.46. The van der Waals surface area contributed by atoms with Gasteiger partial charge in [-0.15, -0.1) is 11.3 Å². The summed E-state index contributed by atoms with van der Waals surface area (Å²) in [6.45, 7) is 4.40. The summed E-state index contributed by atoms with van der Waals surface area (Å²) in [5.41, 5.74) is 0. The second-order valence-electron chi connectivity index (χ2n) is 3.35. The number of aromatic nitrogens is 1. The Balaban J connectivity index is 1.92. The van der Waals surface area contributed by atoms with Crippen molar-refractivity contribution in [2.45, 2.75) is 25.4 Å². The molecule has 1 saturated heterocycles. The zero-order valence-electron chi connectivity index (χ0n) is 7.79. The molecule has 1 aromatic rings.